The Hall–Kier alpha value is -2.87. The third kappa shape index (κ3) is 3.72. The number of amides is 2. The van der Waals surface area contributed by atoms with Gasteiger partial charge in [0.05, 0.1) is 11.9 Å². The Labute approximate surface area is 145 Å². The Morgan fingerprint density at radius 3 is 2.71 bits per heavy atom. The molecule has 0 bridgehead atoms. The molecule has 122 valence electrons. The molecule has 0 saturated carbocycles. The molecule has 8 heteroatoms. The van der Waals surface area contributed by atoms with Crippen molar-refractivity contribution in [1.82, 2.24) is 5.43 Å². The molecule has 2 N–H and O–H groups in total. The van der Waals surface area contributed by atoms with Gasteiger partial charge in [-0.1, -0.05) is 12.1 Å². The van der Waals surface area contributed by atoms with Crippen molar-refractivity contribution in [1.29, 1.82) is 0 Å². The summed E-state index contributed by atoms with van der Waals surface area (Å²) in [5.41, 5.74) is 3.37. The molecule has 0 saturated heterocycles. The summed E-state index contributed by atoms with van der Waals surface area (Å²) in [5, 5.41) is 6.24. The van der Waals surface area contributed by atoms with E-state index in [1.165, 1.54) is 6.21 Å². The highest BCUT2D eigenvalue weighted by molar-refractivity contribution is 9.10. The summed E-state index contributed by atoms with van der Waals surface area (Å²) in [6.45, 7) is 0.182. The minimum absolute atomic E-state index is 0.182. The molecule has 0 fully saturated rings. The molecule has 0 unspecified atom stereocenters. The summed E-state index contributed by atoms with van der Waals surface area (Å²) in [6.07, 6.45) is 1.41. The maximum absolute atomic E-state index is 11.8. The number of hydrogen-bond donors (Lipinski definition) is 2. The number of nitrogens with one attached hydrogen (secondary N) is 2. The van der Waals surface area contributed by atoms with Gasteiger partial charge < -0.3 is 14.8 Å². The highest BCUT2D eigenvalue weighted by Gasteiger charge is 2.14. The van der Waals surface area contributed by atoms with Crippen molar-refractivity contribution in [3.05, 3.63) is 52.5 Å². The van der Waals surface area contributed by atoms with Gasteiger partial charge in [-0.2, -0.15) is 5.10 Å². The third-order valence-corrected chi connectivity index (χ3v) is 3.80. The normalized spacial score (nSPS) is 12.2. The van der Waals surface area contributed by atoms with Crippen molar-refractivity contribution in [3.63, 3.8) is 0 Å². The first-order valence-corrected chi connectivity index (χ1v) is 7.71. The average molecular weight is 390 g/mol. The van der Waals surface area contributed by atoms with Gasteiger partial charge in [-0.3, -0.25) is 9.59 Å². The fourth-order valence-corrected chi connectivity index (χ4v) is 2.34. The summed E-state index contributed by atoms with van der Waals surface area (Å²) < 4.78 is 11.1. The van der Waals surface area contributed by atoms with Gasteiger partial charge in [0.15, 0.2) is 11.5 Å². The molecule has 0 spiro atoms. The standard InChI is InChI=1S/C16H12BrN3O4/c17-11-3-1-2-4-12(11)19-15(21)16(22)20-18-8-10-5-6-13-14(7-10)24-9-23-13/h1-8H,9H2,(H,19,21)(H,20,22)/b18-8+. The number of nitrogens with zero attached hydrogens (tertiary/aromatic N) is 1. The minimum atomic E-state index is -0.872. The molecule has 2 aromatic carbocycles. The van der Waals surface area contributed by atoms with Crippen LogP contribution in [0.15, 0.2) is 52.0 Å². The van der Waals surface area contributed by atoms with Crippen LogP contribution in [-0.2, 0) is 9.59 Å². The van der Waals surface area contributed by atoms with E-state index in [1.807, 2.05) is 0 Å². The monoisotopic (exact) mass is 389 g/mol. The number of hydrogen-bond acceptors (Lipinski definition) is 5. The van der Waals surface area contributed by atoms with Gasteiger partial charge in [0.25, 0.3) is 0 Å². The Kier molecular flexibility index (Phi) is 4.76. The number of hydrazone groups is 1. The molecule has 1 aliphatic heterocycles. The van der Waals surface area contributed by atoms with Crippen molar-refractivity contribution >= 4 is 39.6 Å². The number of carbonyl (C=O) groups is 2. The number of ether oxygens (including phenoxy) is 2. The van der Waals surface area contributed by atoms with Crippen LogP contribution in [0, 0.1) is 0 Å². The van der Waals surface area contributed by atoms with E-state index in [2.05, 4.69) is 31.8 Å². The summed E-state index contributed by atoms with van der Waals surface area (Å²) in [4.78, 5) is 23.5. The van der Waals surface area contributed by atoms with Gasteiger partial charge in [0.1, 0.15) is 0 Å². The van der Waals surface area contributed by atoms with Crippen LogP contribution in [0.4, 0.5) is 5.69 Å². The van der Waals surface area contributed by atoms with Crippen LogP contribution in [0.3, 0.4) is 0 Å². The number of halogens is 1. The topological polar surface area (TPSA) is 89.0 Å². The molecule has 24 heavy (non-hydrogen) atoms. The van der Waals surface area contributed by atoms with Crippen molar-refractivity contribution in [2.45, 2.75) is 0 Å². The van der Waals surface area contributed by atoms with E-state index in [0.717, 1.165) is 0 Å². The van der Waals surface area contributed by atoms with E-state index >= 15 is 0 Å². The van der Waals surface area contributed by atoms with E-state index in [9.17, 15) is 9.59 Å². The minimum Gasteiger partial charge on any atom is -0.454 e. The molecule has 0 aromatic heterocycles. The highest BCUT2D eigenvalue weighted by Crippen LogP contribution is 2.31. The van der Waals surface area contributed by atoms with E-state index in [1.54, 1.807) is 42.5 Å². The van der Waals surface area contributed by atoms with Crippen LogP contribution < -0.4 is 20.2 Å². The summed E-state index contributed by atoms with van der Waals surface area (Å²) in [5.74, 6) is -0.423. The first-order valence-electron chi connectivity index (χ1n) is 6.92. The first kappa shape index (κ1) is 16.0. The van der Waals surface area contributed by atoms with Gasteiger partial charge in [-0.25, -0.2) is 5.43 Å². The van der Waals surface area contributed by atoms with Gasteiger partial charge in [-0.05, 0) is 51.8 Å². The largest absolute Gasteiger partial charge is 0.454 e. The summed E-state index contributed by atoms with van der Waals surface area (Å²) in [7, 11) is 0. The van der Waals surface area contributed by atoms with Crippen LogP contribution >= 0.6 is 15.9 Å². The molecular weight excluding hydrogens is 378 g/mol. The SMILES string of the molecule is O=C(N/N=C/c1ccc2c(c1)OCO2)C(=O)Nc1ccccc1Br. The summed E-state index contributed by atoms with van der Waals surface area (Å²) in [6, 6.07) is 12.2. The third-order valence-electron chi connectivity index (χ3n) is 3.10. The molecular formula is C16H12BrN3O4. The van der Waals surface area contributed by atoms with E-state index in [4.69, 9.17) is 9.47 Å². The zero-order valence-electron chi connectivity index (χ0n) is 12.3. The highest BCUT2D eigenvalue weighted by atomic mass is 79.9. The smallest absolute Gasteiger partial charge is 0.329 e. The van der Waals surface area contributed by atoms with Crippen LogP contribution in [0.5, 0.6) is 11.5 Å². The molecule has 3 rings (SSSR count). The Balaban J connectivity index is 1.57. The average Bonchev–Trinajstić information content (AvgIpc) is 3.04. The lowest BCUT2D eigenvalue weighted by Gasteiger charge is -2.05. The maximum Gasteiger partial charge on any atom is 0.329 e. The van der Waals surface area contributed by atoms with Gasteiger partial charge >= 0.3 is 11.8 Å². The lowest BCUT2D eigenvalue weighted by atomic mass is 10.2. The molecule has 2 amide bonds. The number of fused-ring (bicyclic) bond motifs is 1. The first-order chi connectivity index (χ1) is 11.6. The molecule has 2 aromatic rings. The number of anilines is 1. The number of para-hydroxylation sites is 1. The van der Waals surface area contributed by atoms with Gasteiger partial charge in [0, 0.05) is 4.47 Å². The maximum atomic E-state index is 11.8. The second-order valence-corrected chi connectivity index (χ2v) is 5.60. The number of carbonyl (C=O) groups excluding carboxylic acids is 2. The fraction of sp³-hybridized carbons (Fsp3) is 0.0625. The molecule has 1 aliphatic rings. The lowest BCUT2D eigenvalue weighted by Crippen LogP contribution is -2.32. The van der Waals surface area contributed by atoms with Gasteiger partial charge in [-0.15, -0.1) is 0 Å². The Bertz CT molecular complexity index is 823. The van der Waals surface area contributed by atoms with Crippen molar-refractivity contribution in [2.75, 3.05) is 12.1 Å². The Morgan fingerprint density at radius 1 is 1.08 bits per heavy atom. The fourth-order valence-electron chi connectivity index (χ4n) is 1.95. The molecule has 0 aliphatic carbocycles. The second kappa shape index (κ2) is 7.14. The van der Waals surface area contributed by atoms with Crippen molar-refractivity contribution in [3.8, 4) is 11.5 Å². The van der Waals surface area contributed by atoms with Crippen molar-refractivity contribution < 1.29 is 19.1 Å². The zero-order valence-corrected chi connectivity index (χ0v) is 13.9. The predicted molar refractivity (Wildman–Crippen MR) is 91.1 cm³/mol. The Morgan fingerprint density at radius 2 is 1.88 bits per heavy atom. The molecule has 0 radical (unpaired) electrons. The van der Waals surface area contributed by atoms with Gasteiger partial charge in [0.2, 0.25) is 6.79 Å². The zero-order chi connectivity index (χ0) is 16.9. The molecule has 7 nitrogen and oxygen atoms in total. The lowest BCUT2D eigenvalue weighted by molar-refractivity contribution is -0.136. The number of benzene rings is 2. The van der Waals surface area contributed by atoms with Crippen LogP contribution in [-0.4, -0.2) is 24.8 Å². The van der Waals surface area contributed by atoms with E-state index in [-0.39, 0.29) is 6.79 Å². The van der Waals surface area contributed by atoms with Crippen LogP contribution in [0.25, 0.3) is 0 Å². The second-order valence-electron chi connectivity index (χ2n) is 4.75. The predicted octanol–water partition coefficient (Wildman–Crippen LogP) is 2.27. The number of rotatable bonds is 3. The van der Waals surface area contributed by atoms with Crippen molar-refractivity contribution in [2.24, 2.45) is 5.10 Å². The van der Waals surface area contributed by atoms with E-state index in [0.29, 0.717) is 27.2 Å². The quantitative estimate of drug-likeness (QED) is 0.478. The summed E-state index contributed by atoms with van der Waals surface area (Å²) >= 11 is 3.28. The molecule has 1 heterocycles. The van der Waals surface area contributed by atoms with Crippen LogP contribution in [0.2, 0.25) is 0 Å². The van der Waals surface area contributed by atoms with Crippen LogP contribution in [0.1, 0.15) is 5.56 Å². The van der Waals surface area contributed by atoms with E-state index < -0.39 is 11.8 Å². The molecule has 0 atom stereocenters.